The van der Waals surface area contributed by atoms with Gasteiger partial charge in [0.05, 0.1) is 4.92 Å². The van der Waals surface area contributed by atoms with Gasteiger partial charge in [0, 0.05) is 0 Å². The molecule has 202 valence electrons. The fraction of sp³-hybridized carbons (Fsp3) is 0.625. The molecule has 5 N–H and O–H groups in total. The topological polar surface area (TPSA) is 171 Å². The number of halogens is 1. The molecule has 0 aliphatic heterocycles. The number of benzene rings is 1. The summed E-state index contributed by atoms with van der Waals surface area (Å²) < 4.78 is 0.0354. The Bertz CT molecular complexity index is 953. The second-order valence-corrected chi connectivity index (χ2v) is 11.2. The van der Waals surface area contributed by atoms with Crippen LogP contribution in [0.3, 0.4) is 0 Å². The van der Waals surface area contributed by atoms with Crippen molar-refractivity contribution < 1.29 is 29.5 Å². The van der Waals surface area contributed by atoms with Crippen LogP contribution in [0.15, 0.2) is 12.1 Å². The van der Waals surface area contributed by atoms with Crippen LogP contribution in [-0.4, -0.2) is 51.0 Å². The van der Waals surface area contributed by atoms with Crippen LogP contribution in [-0.2, 0) is 14.4 Å². The van der Waals surface area contributed by atoms with Gasteiger partial charge in [0.1, 0.15) is 33.1 Å². The third-order valence-electron chi connectivity index (χ3n) is 5.29. The maximum atomic E-state index is 13.3. The molecular weight excluding hydrogens is 583 g/mol. The first-order chi connectivity index (χ1) is 16.6. The van der Waals surface area contributed by atoms with Gasteiger partial charge in [-0.1, -0.05) is 41.5 Å². The lowest BCUT2D eigenvalue weighted by Crippen LogP contribution is -2.54. The number of amides is 2. The molecular formula is C24H37IN4O7. The van der Waals surface area contributed by atoms with E-state index in [4.69, 9.17) is 0 Å². The van der Waals surface area contributed by atoms with Crippen LogP contribution in [0.25, 0.3) is 0 Å². The summed E-state index contributed by atoms with van der Waals surface area (Å²) in [6.45, 7) is 11.2. The number of rotatable bonds is 14. The fourth-order valence-corrected chi connectivity index (χ4v) is 4.35. The van der Waals surface area contributed by atoms with Gasteiger partial charge in [-0.15, -0.1) is 0 Å². The molecule has 0 saturated heterocycles. The number of anilines is 1. The van der Waals surface area contributed by atoms with Crippen LogP contribution in [0.1, 0.15) is 60.8 Å². The predicted octanol–water partition coefficient (Wildman–Crippen LogP) is 3.88. The van der Waals surface area contributed by atoms with E-state index >= 15 is 0 Å². The van der Waals surface area contributed by atoms with Gasteiger partial charge in [-0.25, -0.2) is 4.79 Å². The average molecular weight is 620 g/mol. The van der Waals surface area contributed by atoms with Gasteiger partial charge in [-0.3, -0.25) is 19.7 Å². The number of nitro benzene ring substituents is 1. The minimum Gasteiger partial charge on any atom is -0.507 e. The lowest BCUT2D eigenvalue weighted by Gasteiger charge is -2.27. The van der Waals surface area contributed by atoms with Gasteiger partial charge in [0.25, 0.3) is 0 Å². The van der Waals surface area contributed by atoms with Crippen molar-refractivity contribution in [1.82, 2.24) is 10.6 Å². The maximum Gasteiger partial charge on any atom is 0.326 e. The van der Waals surface area contributed by atoms with Crippen molar-refractivity contribution in [1.29, 1.82) is 0 Å². The van der Waals surface area contributed by atoms with Crippen molar-refractivity contribution in [3.63, 3.8) is 0 Å². The van der Waals surface area contributed by atoms with Crippen molar-refractivity contribution in [3.8, 4) is 5.75 Å². The third kappa shape index (κ3) is 9.78. The van der Waals surface area contributed by atoms with Gasteiger partial charge in [-0.2, -0.15) is 0 Å². The normalized spacial score (nSPS) is 13.8. The van der Waals surface area contributed by atoms with E-state index in [9.17, 15) is 34.7 Å². The predicted molar refractivity (Wildman–Crippen MR) is 145 cm³/mol. The first-order valence-electron chi connectivity index (χ1n) is 11.9. The van der Waals surface area contributed by atoms with Crippen LogP contribution in [0.5, 0.6) is 5.75 Å². The lowest BCUT2D eigenvalue weighted by molar-refractivity contribution is -0.385. The fourth-order valence-electron chi connectivity index (χ4n) is 3.68. The Morgan fingerprint density at radius 3 is 1.81 bits per heavy atom. The quantitative estimate of drug-likeness (QED) is 0.0903. The van der Waals surface area contributed by atoms with E-state index in [1.807, 2.05) is 41.5 Å². The first kappa shape index (κ1) is 31.4. The van der Waals surface area contributed by atoms with E-state index in [0.29, 0.717) is 6.42 Å². The molecule has 0 aliphatic carbocycles. The van der Waals surface area contributed by atoms with Crippen LogP contribution in [0.4, 0.5) is 11.4 Å². The monoisotopic (exact) mass is 620 g/mol. The number of nitrogens with zero attached hydrogens (tertiary/aromatic N) is 1. The molecule has 0 unspecified atom stereocenters. The van der Waals surface area contributed by atoms with E-state index in [-0.39, 0.29) is 51.3 Å². The number of hydrogen-bond donors (Lipinski definition) is 5. The maximum absolute atomic E-state index is 13.3. The highest BCUT2D eigenvalue weighted by atomic mass is 127. The molecule has 1 aromatic carbocycles. The number of carbonyl (C=O) groups excluding carboxylic acids is 2. The number of carbonyl (C=O) groups is 3. The second kappa shape index (κ2) is 14.2. The van der Waals surface area contributed by atoms with Gasteiger partial charge >= 0.3 is 11.7 Å². The van der Waals surface area contributed by atoms with E-state index in [1.54, 1.807) is 22.6 Å². The lowest BCUT2D eigenvalue weighted by atomic mass is 9.99. The molecule has 11 nitrogen and oxygen atoms in total. The molecule has 3 atom stereocenters. The summed E-state index contributed by atoms with van der Waals surface area (Å²) in [5.74, 6) is -2.46. The number of aromatic hydroxyl groups is 1. The van der Waals surface area contributed by atoms with Gasteiger partial charge in [0.15, 0.2) is 0 Å². The summed E-state index contributed by atoms with van der Waals surface area (Å²) in [4.78, 5) is 49.0. The average Bonchev–Trinajstić information content (AvgIpc) is 2.73. The summed E-state index contributed by atoms with van der Waals surface area (Å²) in [7, 11) is 0. The van der Waals surface area contributed by atoms with Crippen LogP contribution in [0.2, 0.25) is 0 Å². The van der Waals surface area contributed by atoms with Gasteiger partial charge in [0.2, 0.25) is 11.8 Å². The van der Waals surface area contributed by atoms with Crippen molar-refractivity contribution >= 4 is 51.7 Å². The molecule has 0 heterocycles. The van der Waals surface area contributed by atoms with E-state index in [0.717, 1.165) is 0 Å². The highest BCUT2D eigenvalue weighted by Gasteiger charge is 2.31. The Labute approximate surface area is 225 Å². The van der Waals surface area contributed by atoms with Crippen LogP contribution < -0.4 is 16.0 Å². The largest absolute Gasteiger partial charge is 0.507 e. The Balaban J connectivity index is 3.22. The zero-order valence-corrected chi connectivity index (χ0v) is 23.7. The number of phenols is 1. The standard InChI is InChI=1S/C24H37IN4O7/c1-12(2)9-16(26-15-7-8-19(30)20(25)21(15)29(35)36)22(31)27-17(10-13(3)4)23(32)28-18(24(33)34)11-14(5)6/h7-8,12-14,16-18,26,30H,9-11H2,1-6H3,(H,27,31)(H,28,32)(H,33,34)/t16-,17-,18-/m0/s1. The summed E-state index contributed by atoms with van der Waals surface area (Å²) in [6, 6.07) is -0.361. The highest BCUT2D eigenvalue weighted by molar-refractivity contribution is 14.1. The Morgan fingerprint density at radius 1 is 0.889 bits per heavy atom. The molecule has 2 amide bonds. The summed E-state index contributed by atoms with van der Waals surface area (Å²) in [5, 5.41) is 39.2. The Morgan fingerprint density at radius 2 is 1.33 bits per heavy atom. The summed E-state index contributed by atoms with van der Waals surface area (Å²) in [5.41, 5.74) is -0.289. The van der Waals surface area contributed by atoms with E-state index in [2.05, 4.69) is 16.0 Å². The highest BCUT2D eigenvalue weighted by Crippen LogP contribution is 2.36. The zero-order valence-electron chi connectivity index (χ0n) is 21.5. The number of hydrogen-bond acceptors (Lipinski definition) is 7. The van der Waals surface area contributed by atoms with Crippen molar-refractivity contribution in [2.45, 2.75) is 78.9 Å². The molecule has 0 aliphatic rings. The molecule has 36 heavy (non-hydrogen) atoms. The van der Waals surface area contributed by atoms with E-state index < -0.39 is 40.8 Å². The molecule has 0 saturated carbocycles. The zero-order chi connectivity index (χ0) is 27.7. The van der Waals surface area contributed by atoms with Crippen molar-refractivity contribution in [2.24, 2.45) is 17.8 Å². The molecule has 0 radical (unpaired) electrons. The minimum atomic E-state index is -1.15. The molecule has 1 rings (SSSR count). The molecule has 12 heteroatoms. The number of aliphatic carboxylic acids is 1. The SMILES string of the molecule is CC(C)C[C@H](NC(=O)[C@H](CC(C)C)NC(=O)[C@H](CC(C)C)Nc1ccc(O)c(I)c1[N+](=O)[O-])C(=O)O. The van der Waals surface area contributed by atoms with Crippen LogP contribution >= 0.6 is 22.6 Å². The van der Waals surface area contributed by atoms with Crippen molar-refractivity contribution in [2.75, 3.05) is 5.32 Å². The number of carboxylic acid groups (broad SMARTS) is 1. The molecule has 0 bridgehead atoms. The van der Waals surface area contributed by atoms with Gasteiger partial charge < -0.3 is 26.2 Å². The number of nitrogens with one attached hydrogen (secondary N) is 3. The summed E-state index contributed by atoms with van der Waals surface area (Å²) in [6.07, 6.45) is 0.822. The van der Waals surface area contributed by atoms with Crippen molar-refractivity contribution in [3.05, 3.63) is 25.8 Å². The second-order valence-electron chi connectivity index (χ2n) is 10.1. The van der Waals surface area contributed by atoms with E-state index in [1.165, 1.54) is 12.1 Å². The number of nitro groups is 1. The summed E-state index contributed by atoms with van der Waals surface area (Å²) >= 11 is 1.67. The minimum absolute atomic E-state index is 0.0192. The first-order valence-corrected chi connectivity index (χ1v) is 13.0. The molecule has 1 aromatic rings. The smallest absolute Gasteiger partial charge is 0.326 e. The van der Waals surface area contributed by atoms with Crippen LogP contribution in [0, 0.1) is 31.4 Å². The van der Waals surface area contributed by atoms with Gasteiger partial charge in [-0.05, 0) is 71.7 Å². The molecule has 0 aromatic heterocycles. The number of phenolic OH excluding ortho intramolecular Hbond substituents is 1. The Hall–Kier alpha value is -2.64. The molecule has 0 spiro atoms. The Kier molecular flexibility index (Phi) is 12.4. The molecule has 0 fully saturated rings. The number of carboxylic acids is 1. The third-order valence-corrected chi connectivity index (χ3v) is 6.36.